The van der Waals surface area contributed by atoms with Crippen LogP contribution in [0.3, 0.4) is 0 Å². The first-order chi connectivity index (χ1) is 9.10. The van der Waals surface area contributed by atoms with E-state index in [0.717, 1.165) is 23.8 Å². The molecule has 2 rings (SSSR count). The molecule has 2 aromatic carbocycles. The number of anilines is 1. The molecule has 0 aliphatic heterocycles. The molecule has 0 saturated heterocycles. The molecule has 0 radical (unpaired) electrons. The molecule has 0 N–H and O–H groups in total. The van der Waals surface area contributed by atoms with Crippen molar-refractivity contribution in [1.29, 1.82) is 0 Å². The second-order valence-corrected chi connectivity index (χ2v) is 5.52. The van der Waals surface area contributed by atoms with E-state index in [4.69, 9.17) is 34.8 Å². The molecule has 0 spiro atoms. The zero-order valence-electron chi connectivity index (χ0n) is 10.5. The summed E-state index contributed by atoms with van der Waals surface area (Å²) in [5.41, 5.74) is 2.18. The van der Waals surface area contributed by atoms with Gasteiger partial charge in [0.15, 0.2) is 0 Å². The third kappa shape index (κ3) is 3.79. The highest BCUT2D eigenvalue weighted by molar-refractivity contribution is 6.36. The lowest BCUT2D eigenvalue weighted by molar-refractivity contribution is 0.832. The van der Waals surface area contributed by atoms with Gasteiger partial charge in [-0.1, -0.05) is 46.9 Å². The Morgan fingerprint density at radius 1 is 0.895 bits per heavy atom. The molecular formula is C15H14Cl3N. The Balaban J connectivity index is 2.22. The molecule has 1 nitrogen and oxygen atoms in total. The zero-order chi connectivity index (χ0) is 13.8. The van der Waals surface area contributed by atoms with Crippen molar-refractivity contribution in [3.63, 3.8) is 0 Å². The Morgan fingerprint density at radius 3 is 2.11 bits per heavy atom. The highest BCUT2D eigenvalue weighted by atomic mass is 35.5. The predicted octanol–water partition coefficient (Wildman–Crippen LogP) is 5.67. The molecule has 2 aromatic rings. The molecule has 0 fully saturated rings. The van der Waals surface area contributed by atoms with Gasteiger partial charge >= 0.3 is 0 Å². The van der Waals surface area contributed by atoms with Crippen LogP contribution >= 0.6 is 34.8 Å². The fourth-order valence-corrected chi connectivity index (χ4v) is 2.57. The lowest BCUT2D eigenvalue weighted by atomic mass is 10.2. The van der Waals surface area contributed by atoms with Gasteiger partial charge in [0.05, 0.1) is 10.7 Å². The normalized spacial score (nSPS) is 10.5. The molecule has 0 aliphatic carbocycles. The topological polar surface area (TPSA) is 3.24 Å². The van der Waals surface area contributed by atoms with Gasteiger partial charge in [-0.3, -0.25) is 0 Å². The van der Waals surface area contributed by atoms with E-state index in [-0.39, 0.29) is 0 Å². The highest BCUT2D eigenvalue weighted by Crippen LogP contribution is 2.29. The Bertz CT molecular complexity index is 552. The molecule has 0 atom stereocenters. The SMILES string of the molecule is CCN(Cc1ccc(Cl)cc1)c1ccc(Cl)cc1Cl. The van der Waals surface area contributed by atoms with Gasteiger partial charge in [-0.05, 0) is 42.8 Å². The number of nitrogens with zero attached hydrogens (tertiary/aromatic N) is 1. The maximum Gasteiger partial charge on any atom is 0.0654 e. The van der Waals surface area contributed by atoms with Crippen molar-refractivity contribution < 1.29 is 0 Å². The second kappa shape index (κ2) is 6.51. The summed E-state index contributed by atoms with van der Waals surface area (Å²) in [7, 11) is 0. The smallest absolute Gasteiger partial charge is 0.0654 e. The second-order valence-electron chi connectivity index (χ2n) is 4.24. The zero-order valence-corrected chi connectivity index (χ0v) is 12.8. The van der Waals surface area contributed by atoms with Crippen molar-refractivity contribution in [2.75, 3.05) is 11.4 Å². The van der Waals surface area contributed by atoms with Crippen molar-refractivity contribution >= 4 is 40.5 Å². The Hall–Kier alpha value is -0.890. The summed E-state index contributed by atoms with van der Waals surface area (Å²) in [5, 5.41) is 2.07. The minimum Gasteiger partial charge on any atom is -0.366 e. The molecule has 0 aromatic heterocycles. The molecule has 0 aliphatic rings. The summed E-state index contributed by atoms with van der Waals surface area (Å²) in [4.78, 5) is 2.20. The monoisotopic (exact) mass is 313 g/mol. The summed E-state index contributed by atoms with van der Waals surface area (Å²) in [6.07, 6.45) is 0. The van der Waals surface area contributed by atoms with Gasteiger partial charge in [0.25, 0.3) is 0 Å². The summed E-state index contributed by atoms with van der Waals surface area (Å²) >= 11 is 18.1. The van der Waals surface area contributed by atoms with Crippen molar-refractivity contribution in [3.05, 3.63) is 63.1 Å². The average Bonchev–Trinajstić information content (AvgIpc) is 2.39. The molecule has 0 unspecified atom stereocenters. The fraction of sp³-hybridized carbons (Fsp3) is 0.200. The number of halogens is 3. The van der Waals surface area contributed by atoms with E-state index < -0.39 is 0 Å². The van der Waals surface area contributed by atoms with E-state index in [1.54, 1.807) is 6.07 Å². The lowest BCUT2D eigenvalue weighted by Crippen LogP contribution is -2.22. The van der Waals surface area contributed by atoms with Crippen LogP contribution in [0.1, 0.15) is 12.5 Å². The van der Waals surface area contributed by atoms with Crippen LogP contribution in [0.4, 0.5) is 5.69 Å². The quantitative estimate of drug-likeness (QED) is 0.702. The van der Waals surface area contributed by atoms with Crippen LogP contribution in [0.25, 0.3) is 0 Å². The Labute approximate surface area is 128 Å². The van der Waals surface area contributed by atoms with Crippen LogP contribution in [-0.2, 0) is 6.54 Å². The molecule has 0 bridgehead atoms. The minimum atomic E-state index is 0.649. The third-order valence-electron chi connectivity index (χ3n) is 2.92. The standard InChI is InChI=1S/C15H14Cl3N/c1-2-19(10-11-3-5-12(16)6-4-11)15-8-7-13(17)9-14(15)18/h3-9H,2,10H2,1H3. The Morgan fingerprint density at radius 2 is 1.53 bits per heavy atom. The Kier molecular flexibility index (Phi) is 4.98. The van der Waals surface area contributed by atoms with Crippen LogP contribution in [0.2, 0.25) is 15.1 Å². The van der Waals surface area contributed by atoms with Crippen molar-refractivity contribution in [3.8, 4) is 0 Å². The van der Waals surface area contributed by atoms with Gasteiger partial charge in [0, 0.05) is 23.1 Å². The molecule has 0 saturated carbocycles. The summed E-state index contributed by atoms with van der Waals surface area (Å²) in [6.45, 7) is 3.75. The molecule has 4 heteroatoms. The van der Waals surface area contributed by atoms with Crippen molar-refractivity contribution in [2.24, 2.45) is 0 Å². The molecular weight excluding hydrogens is 301 g/mol. The summed E-state index contributed by atoms with van der Waals surface area (Å²) in [5.74, 6) is 0. The third-order valence-corrected chi connectivity index (χ3v) is 3.71. The van der Waals surface area contributed by atoms with E-state index in [0.29, 0.717) is 10.0 Å². The van der Waals surface area contributed by atoms with Gasteiger partial charge < -0.3 is 4.90 Å². The number of hydrogen-bond donors (Lipinski definition) is 0. The molecule has 0 heterocycles. The highest BCUT2D eigenvalue weighted by Gasteiger charge is 2.09. The lowest BCUT2D eigenvalue weighted by Gasteiger charge is -2.24. The van der Waals surface area contributed by atoms with E-state index in [1.807, 2.05) is 36.4 Å². The first kappa shape index (κ1) is 14.5. The van der Waals surface area contributed by atoms with E-state index in [9.17, 15) is 0 Å². The number of hydrogen-bond acceptors (Lipinski definition) is 1. The van der Waals surface area contributed by atoms with E-state index >= 15 is 0 Å². The minimum absolute atomic E-state index is 0.649. The van der Waals surface area contributed by atoms with Crippen molar-refractivity contribution in [2.45, 2.75) is 13.5 Å². The number of benzene rings is 2. The average molecular weight is 315 g/mol. The summed E-state index contributed by atoms with van der Waals surface area (Å²) in [6, 6.07) is 13.4. The molecule has 0 amide bonds. The van der Waals surface area contributed by atoms with Crippen LogP contribution in [0.15, 0.2) is 42.5 Å². The van der Waals surface area contributed by atoms with Gasteiger partial charge in [0.2, 0.25) is 0 Å². The molecule has 19 heavy (non-hydrogen) atoms. The van der Waals surface area contributed by atoms with Gasteiger partial charge in [-0.2, -0.15) is 0 Å². The van der Waals surface area contributed by atoms with Crippen molar-refractivity contribution in [1.82, 2.24) is 0 Å². The summed E-state index contributed by atoms with van der Waals surface area (Å²) < 4.78 is 0. The largest absolute Gasteiger partial charge is 0.366 e. The number of rotatable bonds is 4. The van der Waals surface area contributed by atoms with Gasteiger partial charge in [-0.15, -0.1) is 0 Å². The van der Waals surface area contributed by atoms with Gasteiger partial charge in [-0.25, -0.2) is 0 Å². The predicted molar refractivity (Wildman–Crippen MR) is 84.6 cm³/mol. The van der Waals surface area contributed by atoms with Crippen LogP contribution < -0.4 is 4.90 Å². The maximum atomic E-state index is 6.25. The first-order valence-electron chi connectivity index (χ1n) is 6.04. The van der Waals surface area contributed by atoms with Crippen LogP contribution in [0, 0.1) is 0 Å². The van der Waals surface area contributed by atoms with E-state index in [1.165, 1.54) is 5.56 Å². The first-order valence-corrected chi connectivity index (χ1v) is 7.18. The molecule has 100 valence electrons. The van der Waals surface area contributed by atoms with Gasteiger partial charge in [0.1, 0.15) is 0 Å². The maximum absolute atomic E-state index is 6.25. The van der Waals surface area contributed by atoms with E-state index in [2.05, 4.69) is 11.8 Å². The van der Waals surface area contributed by atoms with Crippen LogP contribution in [0.5, 0.6) is 0 Å². The fourth-order valence-electron chi connectivity index (χ4n) is 1.92. The van der Waals surface area contributed by atoms with Crippen LogP contribution in [-0.4, -0.2) is 6.54 Å².